The lowest BCUT2D eigenvalue weighted by Gasteiger charge is -2.17. The highest BCUT2D eigenvalue weighted by Crippen LogP contribution is 2.03. The summed E-state index contributed by atoms with van der Waals surface area (Å²) < 4.78 is 12.9. The third-order valence-electron chi connectivity index (χ3n) is 3.15. The predicted octanol–water partition coefficient (Wildman–Crippen LogP) is 2.12. The van der Waals surface area contributed by atoms with Crippen molar-refractivity contribution in [3.63, 3.8) is 0 Å². The molecule has 0 saturated carbocycles. The summed E-state index contributed by atoms with van der Waals surface area (Å²) in [6.07, 6.45) is 0.713. The molecular weight excluding hydrogens is 243 g/mol. The van der Waals surface area contributed by atoms with Crippen LogP contribution in [-0.4, -0.2) is 25.0 Å². The van der Waals surface area contributed by atoms with E-state index in [9.17, 15) is 9.18 Å². The smallest absolute Gasteiger partial charge is 0.234 e. The van der Waals surface area contributed by atoms with Crippen molar-refractivity contribution in [3.05, 3.63) is 35.6 Å². The van der Waals surface area contributed by atoms with E-state index in [0.717, 1.165) is 5.56 Å². The van der Waals surface area contributed by atoms with E-state index in [1.54, 1.807) is 6.07 Å². The van der Waals surface area contributed by atoms with Gasteiger partial charge < -0.3 is 10.6 Å². The molecule has 0 fully saturated rings. The number of amides is 1. The van der Waals surface area contributed by atoms with E-state index in [2.05, 4.69) is 24.5 Å². The fourth-order valence-corrected chi connectivity index (χ4v) is 1.60. The molecule has 0 bridgehead atoms. The highest BCUT2D eigenvalue weighted by Gasteiger charge is 2.09. The minimum Gasteiger partial charge on any atom is -0.352 e. The summed E-state index contributed by atoms with van der Waals surface area (Å²) in [5, 5.41) is 5.99. The van der Waals surface area contributed by atoms with E-state index >= 15 is 0 Å². The first-order chi connectivity index (χ1) is 8.99. The molecule has 2 N–H and O–H groups in total. The van der Waals surface area contributed by atoms with Gasteiger partial charge in [-0.3, -0.25) is 4.79 Å². The average molecular weight is 266 g/mol. The fraction of sp³-hybridized carbons (Fsp3) is 0.533. The van der Waals surface area contributed by atoms with Crippen LogP contribution in [0.3, 0.4) is 0 Å². The van der Waals surface area contributed by atoms with Gasteiger partial charge >= 0.3 is 0 Å². The molecule has 0 saturated heterocycles. The second-order valence-corrected chi connectivity index (χ2v) is 5.16. The zero-order chi connectivity index (χ0) is 14.3. The van der Waals surface area contributed by atoms with Gasteiger partial charge in [0.15, 0.2) is 0 Å². The van der Waals surface area contributed by atoms with Crippen molar-refractivity contribution in [2.24, 2.45) is 5.92 Å². The van der Waals surface area contributed by atoms with Crippen LogP contribution in [0, 0.1) is 11.7 Å². The van der Waals surface area contributed by atoms with Crippen molar-refractivity contribution in [3.8, 4) is 0 Å². The van der Waals surface area contributed by atoms with Gasteiger partial charge in [0.2, 0.25) is 5.91 Å². The number of carbonyl (C=O) groups is 1. The van der Waals surface area contributed by atoms with Crippen LogP contribution in [0.5, 0.6) is 0 Å². The van der Waals surface area contributed by atoms with Gasteiger partial charge in [0, 0.05) is 6.04 Å². The number of hydrogen-bond acceptors (Lipinski definition) is 2. The molecule has 1 aromatic carbocycles. The molecule has 1 amide bonds. The number of benzene rings is 1. The summed E-state index contributed by atoms with van der Waals surface area (Å²) in [6, 6.07) is 6.70. The Hall–Kier alpha value is -1.42. The molecule has 3 nitrogen and oxygen atoms in total. The Balaban J connectivity index is 2.19. The Morgan fingerprint density at radius 1 is 1.32 bits per heavy atom. The van der Waals surface area contributed by atoms with Gasteiger partial charge in [-0.05, 0) is 43.5 Å². The van der Waals surface area contributed by atoms with Crippen LogP contribution in [0.2, 0.25) is 0 Å². The van der Waals surface area contributed by atoms with Gasteiger partial charge in [0.25, 0.3) is 0 Å². The lowest BCUT2D eigenvalue weighted by atomic mass is 10.1. The van der Waals surface area contributed by atoms with Gasteiger partial charge in [-0.1, -0.05) is 26.0 Å². The molecule has 0 aliphatic heterocycles. The Bertz CT molecular complexity index is 407. The maximum Gasteiger partial charge on any atom is 0.234 e. The number of carbonyl (C=O) groups excluding carboxylic acids is 1. The van der Waals surface area contributed by atoms with Crippen LogP contribution >= 0.6 is 0 Å². The molecule has 0 aliphatic rings. The van der Waals surface area contributed by atoms with Gasteiger partial charge in [-0.15, -0.1) is 0 Å². The summed E-state index contributed by atoms with van der Waals surface area (Å²) in [5.74, 6) is 0.206. The third kappa shape index (κ3) is 6.34. The largest absolute Gasteiger partial charge is 0.352 e. The Labute approximate surface area is 114 Å². The number of nitrogens with one attached hydrogen (secondary N) is 2. The van der Waals surface area contributed by atoms with Crippen LogP contribution in [0.4, 0.5) is 4.39 Å². The van der Waals surface area contributed by atoms with Crippen molar-refractivity contribution in [2.75, 3.05) is 13.1 Å². The minimum absolute atomic E-state index is 0.000409. The van der Waals surface area contributed by atoms with Crippen LogP contribution in [0.25, 0.3) is 0 Å². The predicted molar refractivity (Wildman–Crippen MR) is 75.4 cm³/mol. The maximum absolute atomic E-state index is 12.9. The highest BCUT2D eigenvalue weighted by molar-refractivity contribution is 5.78. The Morgan fingerprint density at radius 2 is 2.05 bits per heavy atom. The lowest BCUT2D eigenvalue weighted by molar-refractivity contribution is -0.121. The normalized spacial score (nSPS) is 12.5. The van der Waals surface area contributed by atoms with Crippen molar-refractivity contribution in [1.82, 2.24) is 10.6 Å². The van der Waals surface area contributed by atoms with E-state index < -0.39 is 0 Å². The first kappa shape index (κ1) is 15.6. The van der Waals surface area contributed by atoms with Gasteiger partial charge in [0.05, 0.1) is 6.54 Å². The van der Waals surface area contributed by atoms with Crippen LogP contribution in [0.1, 0.15) is 26.3 Å². The van der Waals surface area contributed by atoms with Crippen molar-refractivity contribution in [1.29, 1.82) is 0 Å². The van der Waals surface area contributed by atoms with E-state index in [1.807, 2.05) is 13.0 Å². The third-order valence-corrected chi connectivity index (χ3v) is 3.15. The van der Waals surface area contributed by atoms with Gasteiger partial charge in [-0.25, -0.2) is 4.39 Å². The first-order valence-electron chi connectivity index (χ1n) is 6.73. The quantitative estimate of drug-likeness (QED) is 0.742. The summed E-state index contributed by atoms with van der Waals surface area (Å²) in [4.78, 5) is 11.6. The summed E-state index contributed by atoms with van der Waals surface area (Å²) >= 11 is 0. The van der Waals surface area contributed by atoms with Crippen LogP contribution in [0.15, 0.2) is 24.3 Å². The number of hydrogen-bond donors (Lipinski definition) is 2. The molecule has 4 heteroatoms. The Kier molecular flexibility index (Phi) is 6.50. The van der Waals surface area contributed by atoms with Gasteiger partial charge in [-0.2, -0.15) is 0 Å². The summed E-state index contributed by atoms with van der Waals surface area (Å²) in [6.45, 7) is 7.10. The molecular formula is C15H23FN2O. The molecule has 0 aliphatic carbocycles. The van der Waals surface area contributed by atoms with E-state index in [4.69, 9.17) is 0 Å². The molecule has 0 spiro atoms. The van der Waals surface area contributed by atoms with Crippen LogP contribution in [-0.2, 0) is 11.2 Å². The van der Waals surface area contributed by atoms with Crippen molar-refractivity contribution >= 4 is 5.91 Å². The molecule has 1 aromatic rings. The lowest BCUT2D eigenvalue weighted by Crippen LogP contribution is -2.41. The zero-order valence-corrected chi connectivity index (χ0v) is 11.9. The van der Waals surface area contributed by atoms with Crippen LogP contribution < -0.4 is 10.6 Å². The van der Waals surface area contributed by atoms with Crippen molar-refractivity contribution in [2.45, 2.75) is 33.2 Å². The molecule has 106 valence electrons. The SMILES string of the molecule is CC(C)C(C)NC(=O)CNCCc1cccc(F)c1. The second kappa shape index (κ2) is 7.89. The monoisotopic (exact) mass is 266 g/mol. The molecule has 1 atom stereocenters. The standard InChI is InChI=1S/C15H23FN2O/c1-11(2)12(3)18-15(19)10-17-8-7-13-5-4-6-14(16)9-13/h4-6,9,11-12,17H,7-8,10H2,1-3H3,(H,18,19). The zero-order valence-electron chi connectivity index (χ0n) is 11.9. The Morgan fingerprint density at radius 3 is 2.68 bits per heavy atom. The van der Waals surface area contributed by atoms with E-state index in [0.29, 0.717) is 25.4 Å². The molecule has 0 aromatic heterocycles. The molecule has 1 unspecified atom stereocenters. The fourth-order valence-electron chi connectivity index (χ4n) is 1.60. The van der Waals surface area contributed by atoms with E-state index in [-0.39, 0.29) is 17.8 Å². The highest BCUT2D eigenvalue weighted by atomic mass is 19.1. The van der Waals surface area contributed by atoms with Gasteiger partial charge in [0.1, 0.15) is 5.82 Å². The first-order valence-corrected chi connectivity index (χ1v) is 6.73. The molecule has 0 heterocycles. The molecule has 0 radical (unpaired) electrons. The minimum atomic E-state index is -0.221. The average Bonchev–Trinajstić information content (AvgIpc) is 2.34. The molecule has 19 heavy (non-hydrogen) atoms. The summed E-state index contributed by atoms with van der Waals surface area (Å²) in [5.41, 5.74) is 0.934. The molecule has 1 rings (SSSR count). The maximum atomic E-state index is 12.9. The number of halogens is 1. The van der Waals surface area contributed by atoms with Crippen molar-refractivity contribution < 1.29 is 9.18 Å². The van der Waals surface area contributed by atoms with E-state index in [1.165, 1.54) is 12.1 Å². The summed E-state index contributed by atoms with van der Waals surface area (Å²) in [7, 11) is 0. The number of rotatable bonds is 7. The second-order valence-electron chi connectivity index (χ2n) is 5.16. The topological polar surface area (TPSA) is 41.1 Å².